The van der Waals surface area contributed by atoms with Crippen LogP contribution < -0.4 is 20.1 Å². The van der Waals surface area contributed by atoms with Crippen LogP contribution in [0.4, 0.5) is 0 Å². The fourth-order valence-corrected chi connectivity index (χ4v) is 3.36. The number of hydrogen-bond donors (Lipinski definition) is 3. The molecule has 0 aromatic heterocycles. The third-order valence-corrected chi connectivity index (χ3v) is 4.94. The molecule has 8 heteroatoms. The van der Waals surface area contributed by atoms with E-state index in [1.807, 2.05) is 19.1 Å². The van der Waals surface area contributed by atoms with Crippen LogP contribution in [0.1, 0.15) is 39.2 Å². The van der Waals surface area contributed by atoms with Crippen LogP contribution in [0.2, 0.25) is 0 Å². The lowest BCUT2D eigenvalue weighted by molar-refractivity contribution is 0.243. The highest BCUT2D eigenvalue weighted by molar-refractivity contribution is 14.0. The molecule has 0 aliphatic rings. The fourth-order valence-electron chi connectivity index (χ4n) is 2.92. The van der Waals surface area contributed by atoms with Crippen LogP contribution in [-0.2, 0) is 6.54 Å². The molecule has 0 saturated carbocycles. The fraction of sp³-hybridized carbons (Fsp3) is 0.650. The van der Waals surface area contributed by atoms with E-state index in [1.165, 1.54) is 0 Å². The van der Waals surface area contributed by atoms with E-state index < -0.39 is 0 Å². The summed E-state index contributed by atoms with van der Waals surface area (Å²) in [6.07, 6.45) is 1.88. The molecule has 0 amide bonds. The Morgan fingerprint density at radius 1 is 1.18 bits per heavy atom. The van der Waals surface area contributed by atoms with Gasteiger partial charge < -0.3 is 25.2 Å². The quantitative estimate of drug-likeness (QED) is 0.211. The van der Waals surface area contributed by atoms with Crippen molar-refractivity contribution in [1.29, 1.82) is 0 Å². The third-order valence-electron chi connectivity index (χ3n) is 4.20. The number of nitrogens with one attached hydrogen (secondary N) is 2. The summed E-state index contributed by atoms with van der Waals surface area (Å²) >= 11 is 3.58. The summed E-state index contributed by atoms with van der Waals surface area (Å²) in [5, 5.41) is 16.0. The topological polar surface area (TPSA) is 75.1 Å². The van der Waals surface area contributed by atoms with E-state index >= 15 is 0 Å². The molecule has 0 radical (unpaired) electrons. The summed E-state index contributed by atoms with van der Waals surface area (Å²) < 4.78 is 11.6. The van der Waals surface area contributed by atoms with Crippen LogP contribution in [0.3, 0.4) is 0 Å². The summed E-state index contributed by atoms with van der Waals surface area (Å²) in [5.41, 5.74) is 1.01. The molecule has 1 aromatic rings. The minimum Gasteiger partial charge on any atom is -0.493 e. The van der Waals surface area contributed by atoms with E-state index in [-0.39, 0.29) is 30.6 Å². The standard InChI is InChI=1S/C20H34BrN3O3.HI/c1-6-22-20(23-12-15(7-8-25)9-14(2)3)24-13-16-10-18(26-4)19(27-5)11-17(16)21;/h10-11,14-15,25H,6-9,12-13H2,1-5H3,(H2,22,23,24);1H. The van der Waals surface area contributed by atoms with Crippen LogP contribution in [-0.4, -0.2) is 45.0 Å². The first-order chi connectivity index (χ1) is 12.9. The number of benzene rings is 1. The summed E-state index contributed by atoms with van der Waals surface area (Å²) in [7, 11) is 3.25. The zero-order valence-corrected chi connectivity index (χ0v) is 21.5. The first-order valence-corrected chi connectivity index (χ1v) is 10.3. The van der Waals surface area contributed by atoms with Crippen molar-refractivity contribution in [1.82, 2.24) is 10.6 Å². The van der Waals surface area contributed by atoms with Gasteiger partial charge in [-0.1, -0.05) is 29.8 Å². The number of hydrogen-bond acceptors (Lipinski definition) is 4. The van der Waals surface area contributed by atoms with Gasteiger partial charge in [0.1, 0.15) is 0 Å². The Bertz CT molecular complexity index is 600. The molecule has 162 valence electrons. The van der Waals surface area contributed by atoms with Gasteiger partial charge in [-0.25, -0.2) is 4.99 Å². The van der Waals surface area contributed by atoms with E-state index in [1.54, 1.807) is 14.2 Å². The molecule has 0 bridgehead atoms. The van der Waals surface area contributed by atoms with Crippen molar-refractivity contribution < 1.29 is 14.6 Å². The molecule has 1 atom stereocenters. The van der Waals surface area contributed by atoms with E-state index in [4.69, 9.17) is 14.5 Å². The second-order valence-corrected chi connectivity index (χ2v) is 7.74. The van der Waals surface area contributed by atoms with Crippen molar-refractivity contribution >= 4 is 45.9 Å². The molecule has 1 aromatic carbocycles. The maximum Gasteiger partial charge on any atom is 0.191 e. The lowest BCUT2D eigenvalue weighted by Gasteiger charge is -2.20. The summed E-state index contributed by atoms with van der Waals surface area (Å²) in [5.74, 6) is 3.16. The number of aliphatic hydroxyl groups is 1. The number of guanidine groups is 1. The van der Waals surface area contributed by atoms with Crippen LogP contribution in [0.15, 0.2) is 21.6 Å². The average molecular weight is 572 g/mol. The minimum atomic E-state index is 0. The van der Waals surface area contributed by atoms with Crippen molar-refractivity contribution in [2.45, 2.75) is 40.2 Å². The van der Waals surface area contributed by atoms with Gasteiger partial charge in [0.2, 0.25) is 0 Å². The Morgan fingerprint density at radius 2 is 1.82 bits per heavy atom. The van der Waals surface area contributed by atoms with Crippen LogP contribution >= 0.6 is 39.9 Å². The first-order valence-electron chi connectivity index (χ1n) is 9.48. The minimum absolute atomic E-state index is 0. The lowest BCUT2D eigenvalue weighted by atomic mass is 9.94. The molecule has 0 aliphatic heterocycles. The van der Waals surface area contributed by atoms with Crippen molar-refractivity contribution in [3.63, 3.8) is 0 Å². The van der Waals surface area contributed by atoms with Crippen molar-refractivity contribution in [2.24, 2.45) is 16.8 Å². The molecular formula is C20H35BrIN3O3. The van der Waals surface area contributed by atoms with E-state index in [2.05, 4.69) is 40.4 Å². The maximum atomic E-state index is 9.29. The molecular weight excluding hydrogens is 537 g/mol. The van der Waals surface area contributed by atoms with Gasteiger partial charge in [-0.2, -0.15) is 0 Å². The summed E-state index contributed by atoms with van der Waals surface area (Å²) in [6, 6.07) is 3.83. The van der Waals surface area contributed by atoms with E-state index in [0.717, 1.165) is 41.9 Å². The monoisotopic (exact) mass is 571 g/mol. The molecule has 28 heavy (non-hydrogen) atoms. The summed E-state index contributed by atoms with van der Waals surface area (Å²) in [4.78, 5) is 4.69. The number of aliphatic imine (C=N–C) groups is 1. The van der Waals surface area contributed by atoms with Crippen LogP contribution in [0, 0.1) is 11.8 Å². The molecule has 0 aliphatic carbocycles. The highest BCUT2D eigenvalue weighted by Crippen LogP contribution is 2.33. The van der Waals surface area contributed by atoms with E-state index in [9.17, 15) is 5.11 Å². The Kier molecular flexibility index (Phi) is 14.7. The zero-order valence-electron chi connectivity index (χ0n) is 17.5. The second-order valence-electron chi connectivity index (χ2n) is 6.88. The van der Waals surface area contributed by atoms with Crippen molar-refractivity contribution in [3.05, 3.63) is 22.2 Å². The number of methoxy groups -OCH3 is 2. The van der Waals surface area contributed by atoms with Gasteiger partial charge >= 0.3 is 0 Å². The molecule has 0 saturated heterocycles. The highest BCUT2D eigenvalue weighted by atomic mass is 127. The van der Waals surface area contributed by atoms with Gasteiger partial charge in [-0.15, -0.1) is 24.0 Å². The number of halogens is 2. The van der Waals surface area contributed by atoms with Crippen LogP contribution in [0.25, 0.3) is 0 Å². The van der Waals surface area contributed by atoms with Gasteiger partial charge in [0.15, 0.2) is 17.5 Å². The highest BCUT2D eigenvalue weighted by Gasteiger charge is 2.12. The molecule has 0 fully saturated rings. The number of rotatable bonds is 11. The summed E-state index contributed by atoms with van der Waals surface area (Å²) in [6.45, 7) is 8.75. The van der Waals surface area contributed by atoms with Crippen molar-refractivity contribution in [2.75, 3.05) is 33.9 Å². The largest absolute Gasteiger partial charge is 0.493 e. The van der Waals surface area contributed by atoms with Gasteiger partial charge in [0.05, 0.1) is 20.8 Å². The van der Waals surface area contributed by atoms with Gasteiger partial charge in [0.25, 0.3) is 0 Å². The normalized spacial score (nSPS) is 12.4. The second kappa shape index (κ2) is 15.1. The van der Waals surface area contributed by atoms with Gasteiger partial charge in [0, 0.05) is 24.2 Å². The predicted molar refractivity (Wildman–Crippen MR) is 130 cm³/mol. The Morgan fingerprint density at radius 3 is 2.36 bits per heavy atom. The third kappa shape index (κ3) is 9.65. The smallest absolute Gasteiger partial charge is 0.191 e. The predicted octanol–water partition coefficient (Wildman–Crippen LogP) is 4.18. The molecule has 6 nitrogen and oxygen atoms in total. The van der Waals surface area contributed by atoms with Gasteiger partial charge in [-0.05, 0) is 49.3 Å². The van der Waals surface area contributed by atoms with E-state index in [0.29, 0.717) is 29.9 Å². The average Bonchev–Trinajstić information content (AvgIpc) is 2.64. The maximum absolute atomic E-state index is 9.29. The Balaban J connectivity index is 0.00000729. The molecule has 0 heterocycles. The molecule has 1 unspecified atom stereocenters. The number of ether oxygens (including phenoxy) is 2. The first kappa shape index (κ1) is 27.3. The number of aliphatic hydroxyl groups excluding tert-OH is 1. The number of nitrogens with zero attached hydrogens (tertiary/aromatic N) is 1. The molecule has 3 N–H and O–H groups in total. The SMILES string of the molecule is CCNC(=NCc1cc(OC)c(OC)cc1Br)NCC(CCO)CC(C)C.I. The van der Waals surface area contributed by atoms with Gasteiger partial charge in [-0.3, -0.25) is 0 Å². The van der Waals surface area contributed by atoms with Crippen LogP contribution in [0.5, 0.6) is 11.5 Å². The Hall–Kier alpha value is -0.740. The van der Waals surface area contributed by atoms with Crippen molar-refractivity contribution in [3.8, 4) is 11.5 Å². The molecule has 1 rings (SSSR count). The molecule has 0 spiro atoms. The Labute approximate surface area is 195 Å². The zero-order chi connectivity index (χ0) is 20.2. The lowest BCUT2D eigenvalue weighted by Crippen LogP contribution is -2.40.